The van der Waals surface area contributed by atoms with E-state index in [0.29, 0.717) is 0 Å². The summed E-state index contributed by atoms with van der Waals surface area (Å²) < 4.78 is 0. The maximum atomic E-state index is 3.23. The second kappa shape index (κ2) is 10.6. The molecule has 0 bridgehead atoms. The quantitative estimate of drug-likeness (QED) is 0.215. The molecule has 1 heteroatoms. The predicted octanol–water partition coefficient (Wildman–Crippen LogP) is 10.6. The van der Waals surface area contributed by atoms with Crippen molar-refractivity contribution in [2.75, 3.05) is 6.54 Å². The second-order valence-electron chi connectivity index (χ2n) is 11.8. The number of benzene rings is 6. The lowest BCUT2D eigenvalue weighted by atomic mass is 9.83. The maximum Gasteiger partial charge on any atom is 0.0334 e. The summed E-state index contributed by atoms with van der Waals surface area (Å²) in [7, 11) is 0. The summed E-state index contributed by atoms with van der Waals surface area (Å²) in [5, 5.41) is 8.46. The molecule has 8 rings (SSSR count). The number of aryl methyl sites for hydroxylation is 2. The third-order valence-electron chi connectivity index (χ3n) is 9.07. The molecule has 0 saturated carbocycles. The molecular formula is C42H33N. The highest BCUT2D eigenvalue weighted by Crippen LogP contribution is 2.44. The third-order valence-corrected chi connectivity index (χ3v) is 9.07. The number of dihydropyridines is 1. The van der Waals surface area contributed by atoms with Crippen molar-refractivity contribution in [3.8, 4) is 22.3 Å². The molecule has 0 fully saturated rings. The van der Waals surface area contributed by atoms with Crippen LogP contribution in [0.1, 0.15) is 34.2 Å². The molecule has 0 aromatic heterocycles. The highest BCUT2D eigenvalue weighted by molar-refractivity contribution is 6.21. The first-order valence-electron chi connectivity index (χ1n) is 15.3. The van der Waals surface area contributed by atoms with Crippen LogP contribution in [0.15, 0.2) is 134 Å². The average Bonchev–Trinajstić information content (AvgIpc) is 3.07. The summed E-state index contributed by atoms with van der Waals surface area (Å²) >= 11 is 0. The van der Waals surface area contributed by atoms with E-state index in [2.05, 4.69) is 146 Å². The molecule has 0 amide bonds. The molecule has 6 aromatic rings. The summed E-state index contributed by atoms with van der Waals surface area (Å²) in [6.07, 6.45) is 10.9. The van der Waals surface area contributed by atoms with Crippen molar-refractivity contribution in [3.05, 3.63) is 161 Å². The molecule has 1 aliphatic heterocycles. The van der Waals surface area contributed by atoms with Gasteiger partial charge in [0.2, 0.25) is 0 Å². The highest BCUT2D eigenvalue weighted by atomic mass is 14.8. The molecule has 6 aromatic carbocycles. The van der Waals surface area contributed by atoms with Gasteiger partial charge >= 0.3 is 0 Å². The summed E-state index contributed by atoms with van der Waals surface area (Å²) in [5.41, 5.74) is 14.6. The Labute approximate surface area is 253 Å². The summed E-state index contributed by atoms with van der Waals surface area (Å²) in [6.45, 7) is 3.06. The van der Waals surface area contributed by atoms with Crippen LogP contribution in [-0.4, -0.2) is 6.54 Å². The largest absolute Gasteiger partial charge is 0.387 e. The van der Waals surface area contributed by atoms with Crippen LogP contribution in [0, 0.1) is 6.92 Å². The first kappa shape index (κ1) is 25.6. The van der Waals surface area contributed by atoms with E-state index in [1.54, 1.807) is 0 Å². The van der Waals surface area contributed by atoms with Crippen LogP contribution in [-0.2, 0) is 6.42 Å². The molecular weight excluding hydrogens is 518 g/mol. The molecule has 1 nitrogen and oxygen atoms in total. The van der Waals surface area contributed by atoms with Gasteiger partial charge in [-0.2, -0.15) is 0 Å². The van der Waals surface area contributed by atoms with Crippen LogP contribution < -0.4 is 5.32 Å². The Balaban J connectivity index is 1.22. The zero-order valence-electron chi connectivity index (χ0n) is 24.4. The zero-order valence-corrected chi connectivity index (χ0v) is 24.4. The summed E-state index contributed by atoms with van der Waals surface area (Å²) in [6, 6.07) is 43.0. The van der Waals surface area contributed by atoms with Gasteiger partial charge in [0, 0.05) is 6.54 Å². The van der Waals surface area contributed by atoms with E-state index in [1.807, 2.05) is 6.20 Å². The molecule has 0 saturated heterocycles. The molecule has 1 aliphatic carbocycles. The van der Waals surface area contributed by atoms with Crippen LogP contribution in [0.5, 0.6) is 0 Å². The minimum absolute atomic E-state index is 0.889. The van der Waals surface area contributed by atoms with Crippen molar-refractivity contribution < 1.29 is 0 Å². The average molecular weight is 552 g/mol. The summed E-state index contributed by atoms with van der Waals surface area (Å²) in [4.78, 5) is 0. The Morgan fingerprint density at radius 2 is 1.19 bits per heavy atom. The molecule has 1 heterocycles. The lowest BCUT2D eigenvalue weighted by molar-refractivity contribution is 0.975. The smallest absolute Gasteiger partial charge is 0.0334 e. The van der Waals surface area contributed by atoms with Crippen molar-refractivity contribution in [2.45, 2.75) is 19.8 Å². The molecule has 0 spiro atoms. The number of hydrogen-bond donors (Lipinski definition) is 1. The number of rotatable bonds is 4. The Hall–Kier alpha value is -5.14. The Bertz CT molecular complexity index is 2060. The van der Waals surface area contributed by atoms with E-state index in [1.165, 1.54) is 82.8 Å². The first-order valence-corrected chi connectivity index (χ1v) is 15.3. The molecule has 43 heavy (non-hydrogen) atoms. The van der Waals surface area contributed by atoms with E-state index < -0.39 is 0 Å². The standard InChI is InChI=1S/C42H33N/c1-28-7-6-8-35(25-28)41-37-9-2-4-11-39(37)42(40-12-5-3-10-38(40)41)36-20-19-33-26-32(17-18-34(33)27-36)30-15-13-29(14-16-30)31-21-23-43-24-22-31/h2-16,19-23,25-27,43H,17-18,24H2,1H3. The van der Waals surface area contributed by atoms with Crippen LogP contribution in [0.25, 0.3) is 61.0 Å². The Kier molecular flexibility index (Phi) is 6.30. The van der Waals surface area contributed by atoms with Gasteiger partial charge in [0.05, 0.1) is 0 Å². The van der Waals surface area contributed by atoms with Gasteiger partial charge in [-0.1, -0.05) is 133 Å². The van der Waals surface area contributed by atoms with Gasteiger partial charge in [-0.05, 0) is 109 Å². The van der Waals surface area contributed by atoms with Gasteiger partial charge in [0.1, 0.15) is 0 Å². The van der Waals surface area contributed by atoms with Crippen LogP contribution in [0.3, 0.4) is 0 Å². The maximum absolute atomic E-state index is 3.23. The van der Waals surface area contributed by atoms with Crippen LogP contribution in [0.2, 0.25) is 0 Å². The topological polar surface area (TPSA) is 12.0 Å². The fourth-order valence-corrected chi connectivity index (χ4v) is 6.97. The van der Waals surface area contributed by atoms with E-state index in [9.17, 15) is 0 Å². The minimum Gasteiger partial charge on any atom is -0.387 e. The van der Waals surface area contributed by atoms with Gasteiger partial charge in [0.25, 0.3) is 0 Å². The Morgan fingerprint density at radius 1 is 0.558 bits per heavy atom. The lowest BCUT2D eigenvalue weighted by Crippen LogP contribution is -2.08. The molecule has 0 radical (unpaired) electrons. The van der Waals surface area contributed by atoms with Crippen molar-refractivity contribution in [3.63, 3.8) is 0 Å². The number of allylic oxidation sites excluding steroid dienone is 3. The van der Waals surface area contributed by atoms with Gasteiger partial charge in [-0.15, -0.1) is 0 Å². The van der Waals surface area contributed by atoms with Crippen molar-refractivity contribution in [2.24, 2.45) is 0 Å². The molecule has 2 aliphatic rings. The van der Waals surface area contributed by atoms with E-state index in [0.717, 1.165) is 19.4 Å². The van der Waals surface area contributed by atoms with Crippen LogP contribution in [0.4, 0.5) is 0 Å². The zero-order chi connectivity index (χ0) is 28.8. The lowest BCUT2D eigenvalue weighted by Gasteiger charge is -2.21. The van der Waals surface area contributed by atoms with Crippen molar-refractivity contribution in [1.82, 2.24) is 5.32 Å². The fourth-order valence-electron chi connectivity index (χ4n) is 6.97. The second-order valence-corrected chi connectivity index (χ2v) is 11.8. The monoisotopic (exact) mass is 551 g/mol. The van der Waals surface area contributed by atoms with E-state index >= 15 is 0 Å². The molecule has 206 valence electrons. The van der Waals surface area contributed by atoms with Gasteiger partial charge in [-0.3, -0.25) is 0 Å². The van der Waals surface area contributed by atoms with Crippen LogP contribution >= 0.6 is 0 Å². The SMILES string of the molecule is Cc1cccc(-c2c3ccccc3c(-c3ccc4c(c3)CCC(c3ccc(C5=CCNC=C5)cc3)=C4)c3ccccc23)c1. The van der Waals surface area contributed by atoms with Gasteiger partial charge in [-0.25, -0.2) is 0 Å². The molecule has 0 unspecified atom stereocenters. The first-order chi connectivity index (χ1) is 21.2. The third kappa shape index (κ3) is 4.58. The minimum atomic E-state index is 0.889. The van der Waals surface area contributed by atoms with Crippen molar-refractivity contribution in [1.29, 1.82) is 0 Å². The Morgan fingerprint density at radius 3 is 1.81 bits per heavy atom. The highest BCUT2D eigenvalue weighted by Gasteiger charge is 2.19. The van der Waals surface area contributed by atoms with Crippen molar-refractivity contribution >= 4 is 38.8 Å². The summed E-state index contributed by atoms with van der Waals surface area (Å²) in [5.74, 6) is 0. The molecule has 0 atom stereocenters. The number of hydrogen-bond acceptors (Lipinski definition) is 1. The predicted molar refractivity (Wildman–Crippen MR) is 185 cm³/mol. The molecule has 1 N–H and O–H groups in total. The van der Waals surface area contributed by atoms with Gasteiger partial charge < -0.3 is 5.32 Å². The number of fused-ring (bicyclic) bond motifs is 3. The van der Waals surface area contributed by atoms with Gasteiger partial charge in [0.15, 0.2) is 0 Å². The van der Waals surface area contributed by atoms with E-state index in [-0.39, 0.29) is 0 Å². The number of nitrogens with one attached hydrogen (secondary N) is 1. The fraction of sp³-hybridized carbons (Fsp3) is 0.0952. The normalized spacial score (nSPS) is 14.3. The van der Waals surface area contributed by atoms with E-state index in [4.69, 9.17) is 0 Å².